The molecule has 23 heavy (non-hydrogen) atoms. The Morgan fingerprint density at radius 3 is 1.83 bits per heavy atom. The van der Waals surface area contributed by atoms with E-state index in [1.54, 1.807) is 24.4 Å². The molecule has 0 saturated heterocycles. The van der Waals surface area contributed by atoms with Gasteiger partial charge >= 0.3 is 0 Å². The first-order chi connectivity index (χ1) is 9.54. The number of amidine groups is 1. The van der Waals surface area contributed by atoms with Gasteiger partial charge in [0.2, 0.25) is 0 Å². The van der Waals surface area contributed by atoms with E-state index in [1.807, 2.05) is 30.3 Å². The van der Waals surface area contributed by atoms with E-state index in [2.05, 4.69) is 4.99 Å². The Morgan fingerprint density at radius 1 is 0.783 bits per heavy atom. The summed E-state index contributed by atoms with van der Waals surface area (Å²) in [5, 5.41) is 0. The van der Waals surface area contributed by atoms with Crippen LogP contribution in [-0.2, 0) is 0 Å². The molecule has 8 N–H and O–H groups in total. The molecule has 5 nitrogen and oxygen atoms in total. The molecule has 0 heterocycles. The molecule has 0 bridgehead atoms. The summed E-state index contributed by atoms with van der Waals surface area (Å²) in [6, 6.07) is 12.6. The summed E-state index contributed by atoms with van der Waals surface area (Å²) in [5.41, 5.74) is 26.4. The van der Waals surface area contributed by atoms with E-state index in [-0.39, 0.29) is 37.2 Å². The summed E-state index contributed by atoms with van der Waals surface area (Å²) in [7, 11) is 0. The van der Waals surface area contributed by atoms with E-state index in [4.69, 9.17) is 22.9 Å². The standard InChI is InChI=1S/C15H17N5.3ClH/c16-12-3-1-10(2-4-12)5-6-20-15(19)11-7-13(17)9-14(18)8-11;;;/h1-9H,16-18H2,(H2,19,20);3*1H. The molecule has 0 spiro atoms. The summed E-state index contributed by atoms with van der Waals surface area (Å²) in [5.74, 6) is 0.357. The summed E-state index contributed by atoms with van der Waals surface area (Å²) in [6.07, 6.45) is 3.46. The van der Waals surface area contributed by atoms with Gasteiger partial charge in [0.15, 0.2) is 0 Å². The number of hydrogen-bond acceptors (Lipinski definition) is 4. The van der Waals surface area contributed by atoms with Gasteiger partial charge in [0.05, 0.1) is 0 Å². The maximum absolute atomic E-state index is 5.89. The molecule has 0 saturated carbocycles. The third-order valence-corrected chi connectivity index (χ3v) is 2.69. The number of nitrogen functional groups attached to an aromatic ring is 3. The summed E-state index contributed by atoms with van der Waals surface area (Å²) >= 11 is 0. The smallest absolute Gasteiger partial charge is 0.130 e. The first kappa shape index (κ1) is 23.2. The fraction of sp³-hybridized carbons (Fsp3) is 0. The summed E-state index contributed by atoms with van der Waals surface area (Å²) in [4.78, 5) is 4.17. The predicted molar refractivity (Wildman–Crippen MR) is 108 cm³/mol. The van der Waals surface area contributed by atoms with Crippen LogP contribution in [0.3, 0.4) is 0 Å². The van der Waals surface area contributed by atoms with Gasteiger partial charge in [-0.2, -0.15) is 0 Å². The van der Waals surface area contributed by atoms with Crippen LogP contribution in [0.5, 0.6) is 0 Å². The van der Waals surface area contributed by atoms with Crippen molar-refractivity contribution in [3.63, 3.8) is 0 Å². The zero-order valence-electron chi connectivity index (χ0n) is 12.2. The van der Waals surface area contributed by atoms with Crippen LogP contribution < -0.4 is 22.9 Å². The minimum absolute atomic E-state index is 0. The normalized spacial score (nSPS) is 10.3. The summed E-state index contributed by atoms with van der Waals surface area (Å²) < 4.78 is 0. The fourth-order valence-electron chi connectivity index (χ4n) is 1.71. The zero-order valence-corrected chi connectivity index (χ0v) is 14.6. The number of benzene rings is 2. The lowest BCUT2D eigenvalue weighted by Gasteiger charge is -2.03. The second-order valence-corrected chi connectivity index (χ2v) is 4.39. The van der Waals surface area contributed by atoms with E-state index in [0.29, 0.717) is 22.8 Å². The van der Waals surface area contributed by atoms with Gasteiger partial charge < -0.3 is 22.9 Å². The van der Waals surface area contributed by atoms with Gasteiger partial charge in [-0.1, -0.05) is 12.1 Å². The van der Waals surface area contributed by atoms with Gasteiger partial charge in [-0.3, -0.25) is 0 Å². The minimum Gasteiger partial charge on any atom is -0.399 e. The van der Waals surface area contributed by atoms with Gasteiger partial charge in [0.1, 0.15) is 5.84 Å². The van der Waals surface area contributed by atoms with Crippen molar-refractivity contribution >= 4 is 66.2 Å². The third-order valence-electron chi connectivity index (χ3n) is 2.69. The van der Waals surface area contributed by atoms with Gasteiger partial charge in [-0.15, -0.1) is 37.2 Å². The molecule has 126 valence electrons. The number of halogens is 3. The molecule has 0 amide bonds. The van der Waals surface area contributed by atoms with Crippen LogP contribution in [0.15, 0.2) is 53.7 Å². The second-order valence-electron chi connectivity index (χ2n) is 4.39. The first-order valence-electron chi connectivity index (χ1n) is 6.06. The lowest BCUT2D eigenvalue weighted by molar-refractivity contribution is 1.47. The molecule has 0 aliphatic heterocycles. The van der Waals surface area contributed by atoms with Gasteiger partial charge in [0, 0.05) is 28.8 Å². The Morgan fingerprint density at radius 2 is 1.30 bits per heavy atom. The van der Waals surface area contributed by atoms with Gasteiger partial charge in [-0.25, -0.2) is 4.99 Å². The molecule has 2 aromatic rings. The van der Waals surface area contributed by atoms with Crippen molar-refractivity contribution in [1.82, 2.24) is 0 Å². The molecular weight excluding hydrogens is 357 g/mol. The van der Waals surface area contributed by atoms with Gasteiger partial charge in [-0.05, 0) is 42.0 Å². The molecule has 0 fully saturated rings. The number of anilines is 3. The van der Waals surface area contributed by atoms with E-state index in [0.717, 1.165) is 11.3 Å². The highest BCUT2D eigenvalue weighted by molar-refractivity contribution is 5.99. The predicted octanol–water partition coefficient (Wildman–Crippen LogP) is 3.07. The summed E-state index contributed by atoms with van der Waals surface area (Å²) in [6.45, 7) is 0. The maximum Gasteiger partial charge on any atom is 0.130 e. The molecule has 0 aliphatic rings. The largest absolute Gasteiger partial charge is 0.399 e. The molecule has 0 aliphatic carbocycles. The molecular formula is C15H20Cl3N5. The van der Waals surface area contributed by atoms with Crippen molar-refractivity contribution < 1.29 is 0 Å². The highest BCUT2D eigenvalue weighted by Crippen LogP contribution is 2.13. The Labute approximate surface area is 154 Å². The molecule has 2 aromatic carbocycles. The third kappa shape index (κ3) is 7.15. The number of nitrogens with zero attached hydrogens (tertiary/aromatic N) is 1. The minimum atomic E-state index is 0. The van der Waals surface area contributed by atoms with Crippen molar-refractivity contribution in [3.05, 3.63) is 59.8 Å². The van der Waals surface area contributed by atoms with Crippen LogP contribution in [0.4, 0.5) is 17.1 Å². The Hall–Kier alpha value is -2.08. The van der Waals surface area contributed by atoms with Crippen molar-refractivity contribution in [2.75, 3.05) is 17.2 Å². The average molecular weight is 377 g/mol. The Bertz CT molecular complexity index is 649. The number of nitrogens with two attached hydrogens (primary N) is 4. The first-order valence-corrected chi connectivity index (χ1v) is 6.06. The Balaban J connectivity index is 0. The van der Waals surface area contributed by atoms with E-state index >= 15 is 0 Å². The van der Waals surface area contributed by atoms with Crippen LogP contribution in [0.25, 0.3) is 6.08 Å². The van der Waals surface area contributed by atoms with Crippen LogP contribution in [0, 0.1) is 0 Å². The molecule has 2 rings (SSSR count). The quantitative estimate of drug-likeness (QED) is 0.374. The second kappa shape index (κ2) is 10.6. The fourth-order valence-corrected chi connectivity index (χ4v) is 1.71. The number of hydrogen-bond donors (Lipinski definition) is 4. The van der Waals surface area contributed by atoms with Crippen molar-refractivity contribution in [1.29, 1.82) is 0 Å². The van der Waals surface area contributed by atoms with E-state index < -0.39 is 0 Å². The lowest BCUT2D eigenvalue weighted by Crippen LogP contribution is -2.13. The zero-order chi connectivity index (χ0) is 14.5. The van der Waals surface area contributed by atoms with Gasteiger partial charge in [0.25, 0.3) is 0 Å². The van der Waals surface area contributed by atoms with Crippen molar-refractivity contribution in [2.24, 2.45) is 10.7 Å². The van der Waals surface area contributed by atoms with Crippen LogP contribution >= 0.6 is 37.2 Å². The lowest BCUT2D eigenvalue weighted by atomic mass is 10.1. The molecule has 0 atom stereocenters. The van der Waals surface area contributed by atoms with Crippen LogP contribution in [0.2, 0.25) is 0 Å². The number of rotatable bonds is 3. The van der Waals surface area contributed by atoms with E-state index in [9.17, 15) is 0 Å². The van der Waals surface area contributed by atoms with E-state index in [1.165, 1.54) is 0 Å². The molecule has 0 unspecified atom stereocenters. The van der Waals surface area contributed by atoms with Crippen LogP contribution in [0.1, 0.15) is 11.1 Å². The highest BCUT2D eigenvalue weighted by atomic mass is 35.5. The van der Waals surface area contributed by atoms with Crippen LogP contribution in [-0.4, -0.2) is 5.84 Å². The SMILES string of the molecule is Cl.Cl.Cl.NC(=NC=Cc1ccc(N)cc1)c1cc(N)cc(N)c1. The average Bonchev–Trinajstić information content (AvgIpc) is 2.40. The number of aliphatic imine (C=N–C) groups is 1. The van der Waals surface area contributed by atoms with Crippen molar-refractivity contribution in [2.45, 2.75) is 0 Å². The molecule has 0 aromatic heterocycles. The topological polar surface area (TPSA) is 116 Å². The molecule has 8 heteroatoms. The molecule has 0 radical (unpaired) electrons. The Kier molecular flexibility index (Phi) is 10.7. The maximum atomic E-state index is 5.89. The monoisotopic (exact) mass is 375 g/mol. The highest BCUT2D eigenvalue weighted by Gasteiger charge is 2.00. The van der Waals surface area contributed by atoms with Crippen molar-refractivity contribution in [3.8, 4) is 0 Å².